The second-order valence-electron chi connectivity index (χ2n) is 7.26. The van der Waals surface area contributed by atoms with Crippen LogP contribution in [0.3, 0.4) is 0 Å². The van der Waals surface area contributed by atoms with E-state index in [0.717, 1.165) is 5.56 Å². The molecule has 1 aromatic heterocycles. The van der Waals surface area contributed by atoms with Crippen molar-refractivity contribution in [3.05, 3.63) is 42.0 Å². The molecule has 8 nitrogen and oxygen atoms in total. The number of benzene rings is 2. The van der Waals surface area contributed by atoms with Crippen LogP contribution in [-0.2, 0) is 11.3 Å². The summed E-state index contributed by atoms with van der Waals surface area (Å²) in [4.78, 5) is 29.4. The van der Waals surface area contributed by atoms with Crippen molar-refractivity contribution in [2.75, 3.05) is 19.0 Å². The van der Waals surface area contributed by atoms with Gasteiger partial charge in [0.25, 0.3) is 5.91 Å². The first kappa shape index (κ1) is 22.3. The Kier molecular flexibility index (Phi) is 6.91. The third kappa shape index (κ3) is 4.86. The number of ether oxygens (including phenoxy) is 1. The van der Waals surface area contributed by atoms with Gasteiger partial charge < -0.3 is 25.0 Å². The number of aliphatic hydroxyl groups is 1. The Morgan fingerprint density at radius 2 is 2.00 bits per heavy atom. The molecule has 164 valence electrons. The van der Waals surface area contributed by atoms with Crippen LogP contribution in [0.4, 0.5) is 5.69 Å². The van der Waals surface area contributed by atoms with Crippen LogP contribution in [0.5, 0.6) is 5.75 Å². The topological polar surface area (TPSA) is 105 Å². The summed E-state index contributed by atoms with van der Waals surface area (Å²) in [7, 11) is 1.61. The number of methoxy groups -OCH3 is 1. The van der Waals surface area contributed by atoms with E-state index in [2.05, 4.69) is 10.6 Å². The van der Waals surface area contributed by atoms with Gasteiger partial charge in [0.2, 0.25) is 5.91 Å². The number of rotatable bonds is 8. The lowest BCUT2D eigenvalue weighted by molar-refractivity contribution is -0.114. The summed E-state index contributed by atoms with van der Waals surface area (Å²) in [5.74, 6) is 0.822. The number of hydrogen-bond acceptors (Lipinski definition) is 5. The molecule has 3 rings (SSSR count). The van der Waals surface area contributed by atoms with Crippen molar-refractivity contribution in [2.24, 2.45) is 0 Å². The van der Waals surface area contributed by atoms with Gasteiger partial charge in [-0.15, -0.1) is 0 Å². The molecule has 0 spiro atoms. The highest BCUT2D eigenvalue weighted by Crippen LogP contribution is 2.31. The molecule has 0 unspecified atom stereocenters. The number of carbonyl (C=O) groups excluding carboxylic acids is 2. The van der Waals surface area contributed by atoms with Crippen molar-refractivity contribution in [3.8, 4) is 17.1 Å². The number of nitrogens with zero attached hydrogens (tertiary/aromatic N) is 2. The fourth-order valence-corrected chi connectivity index (χ4v) is 3.46. The lowest BCUT2D eigenvalue weighted by Crippen LogP contribution is -2.32. The van der Waals surface area contributed by atoms with Gasteiger partial charge in [-0.25, -0.2) is 4.98 Å². The van der Waals surface area contributed by atoms with Gasteiger partial charge in [-0.05, 0) is 37.6 Å². The standard InChI is InChI=1S/C23H28N4O4/c1-5-17(29)13-24-23(30)19-11-16(25-14(3)28)12-20-21(19)27(6-2)22(26-20)15-8-7-9-18(10-15)31-4/h7-12,17,29H,5-6,13H2,1-4H3,(H,24,30)(H,25,28)/t17-/m1/s1. The molecule has 0 aliphatic rings. The predicted octanol–water partition coefficient (Wildman–Crippen LogP) is 3.19. The highest BCUT2D eigenvalue weighted by molar-refractivity contribution is 6.08. The van der Waals surface area contributed by atoms with Crippen molar-refractivity contribution >= 4 is 28.5 Å². The molecule has 31 heavy (non-hydrogen) atoms. The molecule has 0 radical (unpaired) electrons. The Hall–Kier alpha value is -3.39. The number of hydrogen-bond donors (Lipinski definition) is 3. The molecule has 2 amide bonds. The molecule has 2 aromatic carbocycles. The van der Waals surface area contributed by atoms with Gasteiger partial charge >= 0.3 is 0 Å². The molecule has 1 atom stereocenters. The van der Waals surface area contributed by atoms with Crippen LogP contribution in [-0.4, -0.2) is 46.2 Å². The maximum absolute atomic E-state index is 13.0. The maximum Gasteiger partial charge on any atom is 0.253 e. The molecule has 3 N–H and O–H groups in total. The van der Waals surface area contributed by atoms with Crippen molar-refractivity contribution in [1.82, 2.24) is 14.9 Å². The third-order valence-electron chi connectivity index (χ3n) is 5.02. The monoisotopic (exact) mass is 424 g/mol. The molecular weight excluding hydrogens is 396 g/mol. The van der Waals surface area contributed by atoms with Gasteiger partial charge in [0.05, 0.1) is 29.8 Å². The van der Waals surface area contributed by atoms with E-state index in [1.807, 2.05) is 42.7 Å². The Balaban J connectivity index is 2.18. The van der Waals surface area contributed by atoms with Gasteiger partial charge in [-0.3, -0.25) is 9.59 Å². The van der Waals surface area contributed by atoms with Crippen LogP contribution >= 0.6 is 0 Å². The van der Waals surface area contributed by atoms with E-state index < -0.39 is 6.10 Å². The van der Waals surface area contributed by atoms with E-state index in [4.69, 9.17) is 9.72 Å². The number of imidazole rings is 1. The van der Waals surface area contributed by atoms with E-state index >= 15 is 0 Å². The maximum atomic E-state index is 13.0. The van der Waals surface area contributed by atoms with Crippen LogP contribution in [0, 0.1) is 0 Å². The third-order valence-corrected chi connectivity index (χ3v) is 5.02. The predicted molar refractivity (Wildman–Crippen MR) is 120 cm³/mol. The minimum Gasteiger partial charge on any atom is -0.497 e. The van der Waals surface area contributed by atoms with Crippen molar-refractivity contribution in [2.45, 2.75) is 39.8 Å². The van der Waals surface area contributed by atoms with Crippen LogP contribution < -0.4 is 15.4 Å². The van der Waals surface area contributed by atoms with Crippen LogP contribution in [0.2, 0.25) is 0 Å². The average Bonchev–Trinajstić information content (AvgIpc) is 3.14. The molecule has 0 bridgehead atoms. The van der Waals surface area contributed by atoms with Crippen molar-refractivity contribution in [1.29, 1.82) is 0 Å². The van der Waals surface area contributed by atoms with E-state index in [-0.39, 0.29) is 18.4 Å². The fourth-order valence-electron chi connectivity index (χ4n) is 3.46. The lowest BCUT2D eigenvalue weighted by atomic mass is 10.1. The summed E-state index contributed by atoms with van der Waals surface area (Å²) in [6, 6.07) is 11.0. The number of aliphatic hydroxyl groups excluding tert-OH is 1. The molecule has 0 saturated carbocycles. The highest BCUT2D eigenvalue weighted by Gasteiger charge is 2.21. The largest absolute Gasteiger partial charge is 0.497 e. The summed E-state index contributed by atoms with van der Waals surface area (Å²) < 4.78 is 7.31. The molecule has 0 saturated heterocycles. The SMILES string of the molecule is CC[C@@H](O)CNC(=O)c1cc(NC(C)=O)cc2nc(-c3cccc(OC)c3)n(CC)c12. The molecule has 0 fully saturated rings. The molecule has 0 aliphatic carbocycles. The average molecular weight is 425 g/mol. The molecule has 3 aromatic rings. The van der Waals surface area contributed by atoms with Gasteiger partial charge in [0, 0.05) is 31.3 Å². The smallest absolute Gasteiger partial charge is 0.253 e. The van der Waals surface area contributed by atoms with E-state index in [1.54, 1.807) is 19.2 Å². The summed E-state index contributed by atoms with van der Waals surface area (Å²) >= 11 is 0. The number of anilines is 1. The lowest BCUT2D eigenvalue weighted by Gasteiger charge is -2.13. The number of amides is 2. The second kappa shape index (κ2) is 9.61. The quantitative estimate of drug-likeness (QED) is 0.515. The minimum absolute atomic E-state index is 0.143. The summed E-state index contributed by atoms with van der Waals surface area (Å²) in [6.45, 7) is 5.96. The second-order valence-corrected chi connectivity index (χ2v) is 7.26. The zero-order valence-electron chi connectivity index (χ0n) is 18.2. The van der Waals surface area contributed by atoms with E-state index in [9.17, 15) is 14.7 Å². The first-order valence-corrected chi connectivity index (χ1v) is 10.3. The molecular formula is C23H28N4O4. The number of carbonyl (C=O) groups is 2. The first-order chi connectivity index (χ1) is 14.9. The van der Waals surface area contributed by atoms with Gasteiger partial charge in [0.15, 0.2) is 0 Å². The molecule has 0 aliphatic heterocycles. The summed E-state index contributed by atoms with van der Waals surface area (Å²) in [6.07, 6.45) is -0.0875. The first-order valence-electron chi connectivity index (χ1n) is 10.3. The van der Waals surface area contributed by atoms with Gasteiger partial charge in [-0.1, -0.05) is 19.1 Å². The Morgan fingerprint density at radius 1 is 1.23 bits per heavy atom. The Morgan fingerprint density at radius 3 is 2.65 bits per heavy atom. The molecule has 8 heteroatoms. The zero-order chi connectivity index (χ0) is 22.5. The van der Waals surface area contributed by atoms with Crippen LogP contribution in [0.15, 0.2) is 36.4 Å². The summed E-state index contributed by atoms with van der Waals surface area (Å²) in [5, 5.41) is 15.4. The molecule has 1 heterocycles. The number of nitrogens with one attached hydrogen (secondary N) is 2. The highest BCUT2D eigenvalue weighted by atomic mass is 16.5. The zero-order valence-corrected chi connectivity index (χ0v) is 18.2. The summed E-state index contributed by atoms with van der Waals surface area (Å²) in [5.41, 5.74) is 2.98. The number of aryl methyl sites for hydroxylation is 1. The van der Waals surface area contributed by atoms with Crippen LogP contribution in [0.25, 0.3) is 22.4 Å². The number of fused-ring (bicyclic) bond motifs is 1. The number of aromatic nitrogens is 2. The van der Waals surface area contributed by atoms with E-state index in [1.165, 1.54) is 6.92 Å². The Labute approximate surface area is 181 Å². The van der Waals surface area contributed by atoms with E-state index in [0.29, 0.717) is 46.8 Å². The normalized spacial score (nSPS) is 11.9. The van der Waals surface area contributed by atoms with Gasteiger partial charge in [0.1, 0.15) is 11.6 Å². The van der Waals surface area contributed by atoms with Crippen molar-refractivity contribution < 1.29 is 19.4 Å². The van der Waals surface area contributed by atoms with Gasteiger partial charge in [-0.2, -0.15) is 0 Å². The van der Waals surface area contributed by atoms with Crippen LogP contribution in [0.1, 0.15) is 37.6 Å². The van der Waals surface area contributed by atoms with Crippen molar-refractivity contribution in [3.63, 3.8) is 0 Å². The fraction of sp³-hybridized carbons (Fsp3) is 0.348. The Bertz CT molecular complexity index is 1110. The minimum atomic E-state index is -0.624.